The maximum absolute atomic E-state index is 13.9. The molecule has 2 heterocycles. The molecule has 1 saturated heterocycles. The van der Waals surface area contributed by atoms with Gasteiger partial charge >= 0.3 is 0 Å². The van der Waals surface area contributed by atoms with Gasteiger partial charge in [-0.15, -0.1) is 0 Å². The fraction of sp³-hybridized carbons (Fsp3) is 0.357. The Bertz CT molecular complexity index is 849. The van der Waals surface area contributed by atoms with Gasteiger partial charge in [0, 0.05) is 19.2 Å². The van der Waals surface area contributed by atoms with E-state index in [-0.39, 0.29) is 24.9 Å². The molecule has 1 aromatic carbocycles. The highest BCUT2D eigenvalue weighted by Crippen LogP contribution is 2.33. The third-order valence-corrected chi connectivity index (χ3v) is 5.11. The first kappa shape index (κ1) is 15.6. The molecule has 9 heteroatoms. The van der Waals surface area contributed by atoms with Gasteiger partial charge in [-0.2, -0.15) is 0 Å². The average Bonchev–Trinajstić information content (AvgIpc) is 2.75. The number of halogens is 1. The van der Waals surface area contributed by atoms with Crippen molar-refractivity contribution in [2.24, 2.45) is 0 Å². The Morgan fingerprint density at radius 2 is 1.96 bits per heavy atom. The molecule has 3 rings (SSSR count). The number of carbonyl (C=O) groups is 3. The van der Waals surface area contributed by atoms with Crippen molar-refractivity contribution in [3.63, 3.8) is 0 Å². The number of benzene rings is 1. The molecule has 1 unspecified atom stereocenters. The van der Waals surface area contributed by atoms with Crippen LogP contribution < -0.4 is 5.32 Å². The van der Waals surface area contributed by atoms with Gasteiger partial charge in [-0.05, 0) is 18.1 Å². The number of nitrogens with zero attached hydrogens (tertiary/aromatic N) is 1. The zero-order valence-electron chi connectivity index (χ0n) is 12.1. The number of hydrogen-bond donors (Lipinski definition) is 1. The average molecular weight is 340 g/mol. The van der Waals surface area contributed by atoms with E-state index in [4.69, 9.17) is 0 Å². The van der Waals surface area contributed by atoms with E-state index in [9.17, 15) is 27.2 Å². The number of imide groups is 1. The highest BCUT2D eigenvalue weighted by atomic mass is 32.2. The largest absolute Gasteiger partial charge is 0.322 e. The smallest absolute Gasteiger partial charge is 0.256 e. The fourth-order valence-electron chi connectivity index (χ4n) is 2.96. The summed E-state index contributed by atoms with van der Waals surface area (Å²) in [6.45, 7) is 0.00322. The molecule has 0 aromatic heterocycles. The van der Waals surface area contributed by atoms with Gasteiger partial charge in [0.05, 0.1) is 5.56 Å². The van der Waals surface area contributed by atoms with Gasteiger partial charge in [0.2, 0.25) is 11.8 Å². The topological polar surface area (TPSA) is 101 Å². The molecule has 2 aliphatic heterocycles. The Kier molecular flexibility index (Phi) is 3.47. The molecule has 0 radical (unpaired) electrons. The van der Waals surface area contributed by atoms with Crippen LogP contribution in [-0.4, -0.2) is 43.3 Å². The third-order valence-electron chi connectivity index (χ3n) is 3.97. The fourth-order valence-corrected chi connectivity index (χ4v) is 3.97. The van der Waals surface area contributed by atoms with Crippen LogP contribution in [0.2, 0.25) is 0 Å². The van der Waals surface area contributed by atoms with Gasteiger partial charge in [-0.3, -0.25) is 19.7 Å². The Morgan fingerprint density at radius 3 is 2.57 bits per heavy atom. The number of nitrogens with one attached hydrogen (secondary N) is 1. The van der Waals surface area contributed by atoms with Crippen molar-refractivity contribution < 1.29 is 27.2 Å². The minimum Gasteiger partial charge on any atom is -0.322 e. The molecule has 122 valence electrons. The first-order valence-corrected chi connectivity index (χ1v) is 8.75. The normalized spacial score (nSPS) is 21.4. The monoisotopic (exact) mass is 340 g/mol. The van der Waals surface area contributed by atoms with Gasteiger partial charge in [-0.25, -0.2) is 12.8 Å². The van der Waals surface area contributed by atoms with Crippen LogP contribution in [0.15, 0.2) is 17.0 Å². The molecule has 3 amide bonds. The summed E-state index contributed by atoms with van der Waals surface area (Å²) in [5.41, 5.74) is 0.124. The molecule has 0 saturated carbocycles. The molecule has 1 N–H and O–H groups in total. The summed E-state index contributed by atoms with van der Waals surface area (Å²) in [7, 11) is -3.95. The molecule has 23 heavy (non-hydrogen) atoms. The highest BCUT2D eigenvalue weighted by Gasteiger charge is 2.42. The molecular formula is C14H13FN2O5S. The van der Waals surface area contributed by atoms with E-state index in [0.29, 0.717) is 5.56 Å². The van der Waals surface area contributed by atoms with Gasteiger partial charge < -0.3 is 4.90 Å². The molecule has 1 fully saturated rings. The van der Waals surface area contributed by atoms with Crippen molar-refractivity contribution in [2.45, 2.75) is 30.3 Å². The minimum atomic E-state index is -3.95. The number of carbonyl (C=O) groups excluding carboxylic acids is 3. The number of fused-ring (bicyclic) bond motifs is 1. The second-order valence-electron chi connectivity index (χ2n) is 5.58. The third kappa shape index (κ3) is 2.50. The minimum absolute atomic E-state index is 0.00322. The van der Waals surface area contributed by atoms with Crippen molar-refractivity contribution in [3.05, 3.63) is 29.1 Å². The van der Waals surface area contributed by atoms with Crippen LogP contribution in [0.4, 0.5) is 4.39 Å². The van der Waals surface area contributed by atoms with Crippen LogP contribution in [0, 0.1) is 5.82 Å². The molecule has 2 aliphatic rings. The predicted molar refractivity (Wildman–Crippen MR) is 75.6 cm³/mol. The molecule has 0 aliphatic carbocycles. The van der Waals surface area contributed by atoms with Crippen LogP contribution in [0.1, 0.15) is 28.8 Å². The number of piperidine rings is 1. The van der Waals surface area contributed by atoms with Crippen LogP contribution in [0.3, 0.4) is 0 Å². The van der Waals surface area contributed by atoms with Crippen molar-refractivity contribution in [1.29, 1.82) is 0 Å². The molecule has 1 aromatic rings. The van der Waals surface area contributed by atoms with Gasteiger partial charge in [0.15, 0.2) is 9.84 Å². The Balaban J connectivity index is 2.04. The number of amides is 3. The number of sulfone groups is 1. The zero-order valence-corrected chi connectivity index (χ0v) is 12.9. The van der Waals surface area contributed by atoms with E-state index in [2.05, 4.69) is 5.32 Å². The van der Waals surface area contributed by atoms with Crippen LogP contribution in [0.5, 0.6) is 0 Å². The van der Waals surface area contributed by atoms with E-state index in [1.54, 1.807) is 0 Å². The lowest BCUT2D eigenvalue weighted by Gasteiger charge is -2.29. The molecular weight excluding hydrogens is 327 g/mol. The molecule has 0 bridgehead atoms. The predicted octanol–water partition coefficient (Wildman–Crippen LogP) is -0.00980. The maximum atomic E-state index is 13.9. The summed E-state index contributed by atoms with van der Waals surface area (Å²) in [4.78, 5) is 36.2. The highest BCUT2D eigenvalue weighted by molar-refractivity contribution is 7.90. The first-order chi connectivity index (χ1) is 10.7. The summed E-state index contributed by atoms with van der Waals surface area (Å²) >= 11 is 0. The van der Waals surface area contributed by atoms with E-state index < -0.39 is 44.3 Å². The van der Waals surface area contributed by atoms with Crippen molar-refractivity contribution in [1.82, 2.24) is 10.2 Å². The second kappa shape index (κ2) is 5.12. The van der Waals surface area contributed by atoms with Gasteiger partial charge in [0.25, 0.3) is 5.91 Å². The lowest BCUT2D eigenvalue weighted by atomic mass is 10.0. The van der Waals surface area contributed by atoms with Gasteiger partial charge in [0.1, 0.15) is 16.8 Å². The molecule has 1 atom stereocenters. The second-order valence-corrected chi connectivity index (χ2v) is 7.54. The van der Waals surface area contributed by atoms with Crippen LogP contribution in [0.25, 0.3) is 0 Å². The maximum Gasteiger partial charge on any atom is 0.256 e. The molecule has 0 spiro atoms. The van der Waals surface area contributed by atoms with E-state index in [1.165, 1.54) is 11.0 Å². The van der Waals surface area contributed by atoms with Crippen molar-refractivity contribution in [3.8, 4) is 0 Å². The number of rotatable bonds is 2. The first-order valence-electron chi connectivity index (χ1n) is 6.86. The van der Waals surface area contributed by atoms with Crippen molar-refractivity contribution in [2.75, 3.05) is 6.26 Å². The number of hydrogen-bond acceptors (Lipinski definition) is 5. The quantitative estimate of drug-likeness (QED) is 0.763. The summed E-state index contributed by atoms with van der Waals surface area (Å²) in [6, 6.07) is 1.46. The lowest BCUT2D eigenvalue weighted by molar-refractivity contribution is -0.136. The summed E-state index contributed by atoms with van der Waals surface area (Å²) in [6.07, 6.45) is 1.07. The SMILES string of the molecule is CS(=O)(=O)c1c(F)ccc2c1C(=O)N(C1CCC(=O)NC1=O)C2. The van der Waals surface area contributed by atoms with E-state index in [0.717, 1.165) is 12.3 Å². The Hall–Kier alpha value is -2.29. The Labute approximate surface area is 131 Å². The Morgan fingerprint density at radius 1 is 1.26 bits per heavy atom. The van der Waals surface area contributed by atoms with Crippen LogP contribution in [-0.2, 0) is 26.0 Å². The van der Waals surface area contributed by atoms with Gasteiger partial charge in [-0.1, -0.05) is 6.07 Å². The van der Waals surface area contributed by atoms with E-state index >= 15 is 0 Å². The summed E-state index contributed by atoms with van der Waals surface area (Å²) in [5.74, 6) is -2.73. The van der Waals surface area contributed by atoms with E-state index in [1.807, 2.05) is 0 Å². The standard InChI is InChI=1S/C14H13FN2O5S/c1-23(21,22)12-8(15)3-2-7-6-17(14(20)11(7)12)9-4-5-10(18)16-13(9)19/h2-3,9H,4-6H2,1H3,(H,16,18,19). The summed E-state index contributed by atoms with van der Waals surface area (Å²) in [5, 5.41) is 2.15. The van der Waals surface area contributed by atoms with Crippen LogP contribution >= 0.6 is 0 Å². The summed E-state index contributed by atoms with van der Waals surface area (Å²) < 4.78 is 37.6. The zero-order chi connectivity index (χ0) is 16.9. The molecule has 7 nitrogen and oxygen atoms in total. The lowest BCUT2D eigenvalue weighted by Crippen LogP contribution is -2.52. The van der Waals surface area contributed by atoms with Crippen molar-refractivity contribution >= 4 is 27.6 Å².